The van der Waals surface area contributed by atoms with Crippen LogP contribution in [0.4, 0.5) is 0 Å². The van der Waals surface area contributed by atoms with E-state index in [4.69, 9.17) is 5.11 Å². The van der Waals surface area contributed by atoms with Gasteiger partial charge in [-0.1, -0.05) is 19.9 Å². The summed E-state index contributed by atoms with van der Waals surface area (Å²) in [7, 11) is 0. The lowest BCUT2D eigenvalue weighted by molar-refractivity contribution is -0.138. The van der Waals surface area contributed by atoms with Crippen LogP contribution in [0.5, 0.6) is 0 Å². The van der Waals surface area contributed by atoms with Crippen LogP contribution >= 0.6 is 0 Å². The van der Waals surface area contributed by atoms with Crippen molar-refractivity contribution in [1.29, 1.82) is 0 Å². The highest BCUT2D eigenvalue weighted by atomic mass is 16.4. The summed E-state index contributed by atoms with van der Waals surface area (Å²) in [5.41, 5.74) is 0. The zero-order chi connectivity index (χ0) is 8.15. The Hall–Kier alpha value is -0.790. The Labute approximate surface area is 61.6 Å². The Morgan fingerprint density at radius 1 is 1.70 bits per heavy atom. The molecule has 0 fully saturated rings. The van der Waals surface area contributed by atoms with E-state index in [1.165, 1.54) is 0 Å². The van der Waals surface area contributed by atoms with E-state index in [-0.39, 0.29) is 18.3 Å². The van der Waals surface area contributed by atoms with E-state index in [0.29, 0.717) is 0 Å². The highest BCUT2D eigenvalue weighted by Gasteiger charge is 2.11. The Bertz CT molecular complexity index is 129. The summed E-state index contributed by atoms with van der Waals surface area (Å²) >= 11 is 0. The van der Waals surface area contributed by atoms with E-state index in [0.717, 1.165) is 0 Å². The van der Waals surface area contributed by atoms with Gasteiger partial charge in [-0.2, -0.15) is 0 Å². The maximum absolute atomic E-state index is 10.2. The average molecular weight is 142 g/mol. The summed E-state index contributed by atoms with van der Waals surface area (Å²) in [5.74, 6) is -0.257. The minimum Gasteiger partial charge on any atom is -0.481 e. The summed E-state index contributed by atoms with van der Waals surface area (Å²) in [6, 6.07) is 0. The number of carboxylic acids is 1. The van der Waals surface area contributed by atoms with Crippen LogP contribution in [-0.2, 0) is 4.79 Å². The van der Waals surface area contributed by atoms with Gasteiger partial charge >= 0.3 is 5.97 Å². The number of allylic oxidation sites excluding steroid dienone is 1. The molecule has 0 rings (SSSR count). The molecule has 0 bridgehead atoms. The van der Waals surface area contributed by atoms with Gasteiger partial charge in [0.25, 0.3) is 0 Å². The molecule has 2 atom stereocenters. The van der Waals surface area contributed by atoms with Gasteiger partial charge in [0.15, 0.2) is 0 Å². The predicted octanol–water partition coefficient (Wildman–Crippen LogP) is 1.92. The van der Waals surface area contributed by atoms with Crippen LogP contribution in [0.1, 0.15) is 20.3 Å². The summed E-state index contributed by atoms with van der Waals surface area (Å²) in [5, 5.41) is 8.39. The van der Waals surface area contributed by atoms with E-state index >= 15 is 0 Å². The lowest BCUT2D eigenvalue weighted by Gasteiger charge is -2.12. The van der Waals surface area contributed by atoms with Crippen molar-refractivity contribution >= 4 is 5.97 Å². The fraction of sp³-hybridized carbons (Fsp3) is 0.625. The minimum absolute atomic E-state index is 0.190. The largest absolute Gasteiger partial charge is 0.481 e. The van der Waals surface area contributed by atoms with Crippen LogP contribution in [0.25, 0.3) is 0 Å². The number of carboxylic acid groups (broad SMARTS) is 1. The molecule has 0 aromatic carbocycles. The highest BCUT2D eigenvalue weighted by Crippen LogP contribution is 2.14. The molecule has 0 spiro atoms. The van der Waals surface area contributed by atoms with Gasteiger partial charge in [-0.3, -0.25) is 4.79 Å². The smallest absolute Gasteiger partial charge is 0.303 e. The number of rotatable bonds is 4. The molecule has 2 heteroatoms. The maximum atomic E-state index is 10.2. The fourth-order valence-corrected chi connectivity index (χ4v) is 0.694. The van der Waals surface area contributed by atoms with Gasteiger partial charge < -0.3 is 5.11 Å². The monoisotopic (exact) mass is 142 g/mol. The molecular formula is C8H14O2. The van der Waals surface area contributed by atoms with Gasteiger partial charge in [0.1, 0.15) is 0 Å². The Morgan fingerprint density at radius 2 is 2.20 bits per heavy atom. The van der Waals surface area contributed by atoms with E-state index in [9.17, 15) is 4.79 Å². The summed E-state index contributed by atoms with van der Waals surface area (Å²) in [6.45, 7) is 7.49. The van der Waals surface area contributed by atoms with Crippen LogP contribution in [-0.4, -0.2) is 11.1 Å². The molecule has 0 amide bonds. The molecule has 10 heavy (non-hydrogen) atoms. The first-order valence-corrected chi connectivity index (χ1v) is 3.42. The Balaban J connectivity index is 3.71. The van der Waals surface area contributed by atoms with Crippen molar-refractivity contribution in [3.63, 3.8) is 0 Å². The van der Waals surface area contributed by atoms with Crippen molar-refractivity contribution in [1.82, 2.24) is 0 Å². The van der Waals surface area contributed by atoms with E-state index in [2.05, 4.69) is 6.58 Å². The first-order chi connectivity index (χ1) is 4.57. The summed E-state index contributed by atoms with van der Waals surface area (Å²) < 4.78 is 0. The Morgan fingerprint density at radius 3 is 2.50 bits per heavy atom. The van der Waals surface area contributed by atoms with E-state index in [1.54, 1.807) is 6.08 Å². The molecular weight excluding hydrogens is 128 g/mol. The minimum atomic E-state index is -0.735. The van der Waals surface area contributed by atoms with Gasteiger partial charge in [-0.05, 0) is 11.8 Å². The second-order valence-corrected chi connectivity index (χ2v) is 2.67. The Kier molecular flexibility index (Phi) is 3.77. The van der Waals surface area contributed by atoms with Gasteiger partial charge in [0.05, 0.1) is 0 Å². The molecule has 0 aliphatic rings. The molecule has 0 radical (unpaired) electrons. The van der Waals surface area contributed by atoms with Crippen molar-refractivity contribution < 1.29 is 9.90 Å². The predicted molar refractivity (Wildman–Crippen MR) is 40.8 cm³/mol. The number of carbonyl (C=O) groups is 1. The van der Waals surface area contributed by atoms with Crippen molar-refractivity contribution in [2.75, 3.05) is 0 Å². The van der Waals surface area contributed by atoms with Gasteiger partial charge in [-0.25, -0.2) is 0 Å². The second kappa shape index (κ2) is 4.09. The van der Waals surface area contributed by atoms with Crippen LogP contribution in [0.15, 0.2) is 12.7 Å². The standard InChI is InChI=1S/C8H14O2/c1-4-6(2)7(3)5-8(9)10/h4,6-7H,1,5H2,2-3H3,(H,9,10)/t6-,7+/m0/s1. The summed E-state index contributed by atoms with van der Waals surface area (Å²) in [4.78, 5) is 10.2. The number of hydrogen-bond donors (Lipinski definition) is 1. The van der Waals surface area contributed by atoms with Gasteiger partial charge in [0.2, 0.25) is 0 Å². The molecule has 0 aliphatic heterocycles. The molecule has 0 unspecified atom stereocenters. The summed E-state index contributed by atoms with van der Waals surface area (Å²) in [6.07, 6.45) is 2.01. The molecule has 0 aromatic heterocycles. The SMILES string of the molecule is C=C[C@H](C)[C@H](C)CC(=O)O. The van der Waals surface area contributed by atoms with Crippen LogP contribution in [0, 0.1) is 11.8 Å². The highest BCUT2D eigenvalue weighted by molar-refractivity contribution is 5.67. The molecule has 0 aromatic rings. The number of aliphatic carboxylic acids is 1. The fourth-order valence-electron chi connectivity index (χ4n) is 0.694. The lowest BCUT2D eigenvalue weighted by atomic mass is 9.93. The van der Waals surface area contributed by atoms with Gasteiger partial charge in [-0.15, -0.1) is 6.58 Å². The molecule has 2 nitrogen and oxygen atoms in total. The zero-order valence-electron chi connectivity index (χ0n) is 6.50. The molecule has 0 aliphatic carbocycles. The van der Waals surface area contributed by atoms with Crippen molar-refractivity contribution in [3.8, 4) is 0 Å². The van der Waals surface area contributed by atoms with Crippen molar-refractivity contribution in [3.05, 3.63) is 12.7 Å². The third kappa shape index (κ3) is 3.28. The third-order valence-electron chi connectivity index (χ3n) is 1.77. The topological polar surface area (TPSA) is 37.3 Å². The van der Waals surface area contributed by atoms with Crippen LogP contribution in [0.2, 0.25) is 0 Å². The quantitative estimate of drug-likeness (QED) is 0.609. The number of hydrogen-bond acceptors (Lipinski definition) is 1. The molecule has 0 saturated carbocycles. The van der Waals surface area contributed by atoms with Crippen LogP contribution in [0.3, 0.4) is 0 Å². The third-order valence-corrected chi connectivity index (χ3v) is 1.77. The molecule has 1 N–H and O–H groups in total. The average Bonchev–Trinajstić information content (AvgIpc) is 1.85. The van der Waals surface area contributed by atoms with Crippen molar-refractivity contribution in [2.24, 2.45) is 11.8 Å². The molecule has 58 valence electrons. The normalized spacial score (nSPS) is 15.8. The van der Waals surface area contributed by atoms with Crippen molar-refractivity contribution in [2.45, 2.75) is 20.3 Å². The first-order valence-electron chi connectivity index (χ1n) is 3.42. The van der Waals surface area contributed by atoms with E-state index < -0.39 is 5.97 Å². The first kappa shape index (κ1) is 9.21. The molecule has 0 saturated heterocycles. The van der Waals surface area contributed by atoms with E-state index in [1.807, 2.05) is 13.8 Å². The lowest BCUT2D eigenvalue weighted by Crippen LogP contribution is -2.10. The second-order valence-electron chi connectivity index (χ2n) is 2.67. The van der Waals surface area contributed by atoms with Gasteiger partial charge in [0, 0.05) is 6.42 Å². The zero-order valence-corrected chi connectivity index (χ0v) is 6.50. The molecule has 0 heterocycles. The van der Waals surface area contributed by atoms with Crippen LogP contribution < -0.4 is 0 Å². The maximum Gasteiger partial charge on any atom is 0.303 e.